The molecule has 0 aliphatic rings. The molecule has 2 heterocycles. The molecule has 0 spiro atoms. The monoisotopic (exact) mass is 516 g/mol. The van der Waals surface area contributed by atoms with Crippen LogP contribution in [-0.2, 0) is 13.1 Å². The van der Waals surface area contributed by atoms with Gasteiger partial charge >= 0.3 is 0 Å². The lowest BCUT2D eigenvalue weighted by atomic mass is 10.1. The Bertz CT molecular complexity index is 1910. The van der Waals surface area contributed by atoms with Gasteiger partial charge in [0, 0.05) is 56.7 Å². The SMILES string of the molecule is CCn1c2ccccc2c2ccc(C=Cc3ccc(C=Cc4ccc5c6ccccc6n(CC)c5c4)cc3)cc21. The number of hydrogen-bond acceptors (Lipinski definition) is 0. The first-order chi connectivity index (χ1) is 19.7. The number of fused-ring (bicyclic) bond motifs is 6. The van der Waals surface area contributed by atoms with E-state index < -0.39 is 0 Å². The first-order valence-electron chi connectivity index (χ1n) is 14.2. The van der Waals surface area contributed by atoms with Gasteiger partial charge in [0.25, 0.3) is 0 Å². The van der Waals surface area contributed by atoms with Crippen LogP contribution in [0.5, 0.6) is 0 Å². The summed E-state index contributed by atoms with van der Waals surface area (Å²) in [4.78, 5) is 0. The van der Waals surface area contributed by atoms with E-state index in [-0.39, 0.29) is 0 Å². The van der Waals surface area contributed by atoms with E-state index in [9.17, 15) is 0 Å². The van der Waals surface area contributed by atoms with Crippen molar-refractivity contribution in [2.45, 2.75) is 26.9 Å². The van der Waals surface area contributed by atoms with E-state index in [0.29, 0.717) is 0 Å². The van der Waals surface area contributed by atoms with Crippen molar-refractivity contribution in [1.29, 1.82) is 0 Å². The van der Waals surface area contributed by atoms with E-state index in [0.717, 1.165) is 13.1 Å². The van der Waals surface area contributed by atoms with Gasteiger partial charge in [-0.05, 0) is 60.4 Å². The first-order valence-corrected chi connectivity index (χ1v) is 14.2. The van der Waals surface area contributed by atoms with Gasteiger partial charge in [-0.15, -0.1) is 0 Å². The van der Waals surface area contributed by atoms with E-state index in [1.807, 2.05) is 0 Å². The molecule has 0 atom stereocenters. The van der Waals surface area contributed by atoms with E-state index in [4.69, 9.17) is 0 Å². The molecule has 0 radical (unpaired) electrons. The normalized spacial score (nSPS) is 12.2. The fourth-order valence-electron chi connectivity index (χ4n) is 6.12. The summed E-state index contributed by atoms with van der Waals surface area (Å²) in [5.41, 5.74) is 10.0. The van der Waals surface area contributed by atoms with Crippen LogP contribution in [0.25, 0.3) is 67.9 Å². The minimum absolute atomic E-state index is 0.960. The summed E-state index contributed by atoms with van der Waals surface area (Å²) in [6, 6.07) is 39.7. The summed E-state index contributed by atoms with van der Waals surface area (Å²) < 4.78 is 4.81. The van der Waals surface area contributed by atoms with Crippen molar-refractivity contribution >= 4 is 67.9 Å². The third kappa shape index (κ3) is 4.13. The Hall–Kier alpha value is -4.82. The highest BCUT2D eigenvalue weighted by atomic mass is 15.0. The molecule has 2 aromatic heterocycles. The zero-order valence-corrected chi connectivity index (χ0v) is 23.0. The second kappa shape index (κ2) is 10.1. The number of para-hydroxylation sites is 2. The zero-order chi connectivity index (χ0) is 27.1. The number of benzene rings is 5. The Labute approximate surface area is 235 Å². The summed E-state index contributed by atoms with van der Waals surface area (Å²) in [6.07, 6.45) is 8.82. The largest absolute Gasteiger partial charge is 0.341 e. The van der Waals surface area contributed by atoms with Crippen LogP contribution >= 0.6 is 0 Å². The van der Waals surface area contributed by atoms with E-state index in [2.05, 4.69) is 156 Å². The van der Waals surface area contributed by atoms with Crippen molar-refractivity contribution < 1.29 is 0 Å². The van der Waals surface area contributed by atoms with Crippen molar-refractivity contribution in [3.8, 4) is 0 Å². The van der Waals surface area contributed by atoms with E-state index in [1.165, 1.54) is 65.9 Å². The predicted molar refractivity (Wildman–Crippen MR) is 175 cm³/mol. The lowest BCUT2D eigenvalue weighted by Crippen LogP contribution is -1.92. The topological polar surface area (TPSA) is 9.86 Å². The Kier molecular flexibility index (Phi) is 6.09. The van der Waals surface area contributed by atoms with Crippen LogP contribution in [-0.4, -0.2) is 9.13 Å². The molecule has 0 N–H and O–H groups in total. The molecule has 0 unspecified atom stereocenters. The molecule has 0 amide bonds. The third-order valence-corrected chi connectivity index (χ3v) is 8.10. The Balaban J connectivity index is 1.12. The lowest BCUT2D eigenvalue weighted by Gasteiger charge is -2.04. The van der Waals surface area contributed by atoms with Crippen LogP contribution < -0.4 is 0 Å². The summed E-state index contributed by atoms with van der Waals surface area (Å²) in [7, 11) is 0. The van der Waals surface area contributed by atoms with Gasteiger partial charge in [0.15, 0.2) is 0 Å². The van der Waals surface area contributed by atoms with Gasteiger partial charge < -0.3 is 9.13 Å². The molecular weight excluding hydrogens is 484 g/mol. The Morgan fingerprint density at radius 3 is 1.18 bits per heavy atom. The van der Waals surface area contributed by atoms with Gasteiger partial charge in [-0.3, -0.25) is 0 Å². The van der Waals surface area contributed by atoms with Crippen molar-refractivity contribution in [1.82, 2.24) is 9.13 Å². The maximum atomic E-state index is 2.41. The molecule has 5 aromatic carbocycles. The van der Waals surface area contributed by atoms with Crippen LogP contribution in [0.1, 0.15) is 36.1 Å². The highest BCUT2D eigenvalue weighted by Crippen LogP contribution is 2.31. The Morgan fingerprint density at radius 2 is 0.750 bits per heavy atom. The first kappa shape index (κ1) is 24.2. The summed E-state index contributed by atoms with van der Waals surface area (Å²) in [6.45, 7) is 6.35. The molecule has 2 nitrogen and oxygen atoms in total. The van der Waals surface area contributed by atoms with Crippen LogP contribution in [0.3, 0.4) is 0 Å². The van der Waals surface area contributed by atoms with Crippen molar-refractivity contribution in [3.63, 3.8) is 0 Å². The van der Waals surface area contributed by atoms with Gasteiger partial charge in [-0.1, -0.05) is 109 Å². The average Bonchev–Trinajstić information content (AvgIpc) is 3.50. The molecule has 0 bridgehead atoms. The third-order valence-electron chi connectivity index (χ3n) is 8.10. The van der Waals surface area contributed by atoms with Gasteiger partial charge in [0.1, 0.15) is 0 Å². The fraction of sp³-hybridized carbons (Fsp3) is 0.105. The summed E-state index contributed by atoms with van der Waals surface area (Å²) >= 11 is 0. The van der Waals surface area contributed by atoms with Gasteiger partial charge in [-0.2, -0.15) is 0 Å². The number of hydrogen-bond donors (Lipinski definition) is 0. The maximum absolute atomic E-state index is 2.41. The molecule has 0 aliphatic heterocycles. The molecule has 0 aliphatic carbocycles. The van der Waals surface area contributed by atoms with Crippen LogP contribution in [0, 0.1) is 0 Å². The molecule has 194 valence electrons. The smallest absolute Gasteiger partial charge is 0.0497 e. The van der Waals surface area contributed by atoms with Crippen molar-refractivity contribution in [3.05, 3.63) is 131 Å². The van der Waals surface area contributed by atoms with Crippen LogP contribution in [0.2, 0.25) is 0 Å². The molecule has 7 aromatic rings. The summed E-state index contributed by atoms with van der Waals surface area (Å²) in [5, 5.41) is 5.29. The average molecular weight is 517 g/mol. The number of rotatable bonds is 6. The van der Waals surface area contributed by atoms with Gasteiger partial charge in [0.05, 0.1) is 0 Å². The quantitative estimate of drug-likeness (QED) is 0.195. The highest BCUT2D eigenvalue weighted by molar-refractivity contribution is 6.09. The van der Waals surface area contributed by atoms with Crippen LogP contribution in [0.15, 0.2) is 109 Å². The minimum Gasteiger partial charge on any atom is -0.341 e. The predicted octanol–water partition coefficient (Wildman–Crippen LogP) is 10.3. The molecule has 40 heavy (non-hydrogen) atoms. The number of nitrogens with zero attached hydrogens (tertiary/aromatic N) is 2. The maximum Gasteiger partial charge on any atom is 0.0497 e. The number of aryl methyl sites for hydroxylation is 2. The summed E-state index contributed by atoms with van der Waals surface area (Å²) in [5.74, 6) is 0. The standard InChI is InChI=1S/C38H32N2/c1-3-39-35-11-7-5-9-31(35)33-23-21-29(25-37(33)39)19-17-27-13-15-28(16-14-27)18-20-30-22-24-34-32-10-6-8-12-36(32)40(4-2)38(34)26-30/h5-26H,3-4H2,1-2H3. The zero-order valence-electron chi connectivity index (χ0n) is 23.0. The molecule has 0 fully saturated rings. The van der Waals surface area contributed by atoms with Crippen LogP contribution in [0.4, 0.5) is 0 Å². The van der Waals surface area contributed by atoms with E-state index >= 15 is 0 Å². The molecule has 7 rings (SSSR count). The van der Waals surface area contributed by atoms with E-state index in [1.54, 1.807) is 0 Å². The second-order valence-electron chi connectivity index (χ2n) is 10.4. The van der Waals surface area contributed by atoms with Gasteiger partial charge in [-0.25, -0.2) is 0 Å². The minimum atomic E-state index is 0.960. The van der Waals surface area contributed by atoms with Crippen molar-refractivity contribution in [2.24, 2.45) is 0 Å². The highest BCUT2D eigenvalue weighted by Gasteiger charge is 2.10. The molecule has 0 saturated carbocycles. The second-order valence-corrected chi connectivity index (χ2v) is 10.4. The van der Waals surface area contributed by atoms with Crippen molar-refractivity contribution in [2.75, 3.05) is 0 Å². The lowest BCUT2D eigenvalue weighted by molar-refractivity contribution is 0.827. The van der Waals surface area contributed by atoms with Gasteiger partial charge in [0.2, 0.25) is 0 Å². The fourth-order valence-corrected chi connectivity index (χ4v) is 6.12. The number of aromatic nitrogens is 2. The Morgan fingerprint density at radius 1 is 0.400 bits per heavy atom. The molecule has 0 saturated heterocycles. The molecule has 2 heteroatoms. The molecular formula is C38H32N2.